The van der Waals surface area contributed by atoms with Crippen molar-refractivity contribution in [2.45, 2.75) is 25.6 Å². The Labute approximate surface area is 215 Å². The monoisotopic (exact) mass is 498 g/mol. The van der Waals surface area contributed by atoms with Crippen LogP contribution in [0.5, 0.6) is 5.75 Å². The first-order valence-electron chi connectivity index (χ1n) is 11.6. The summed E-state index contributed by atoms with van der Waals surface area (Å²) in [4.78, 5) is 23.1. The molecular weight excluding hydrogens is 472 g/mol. The molecule has 1 saturated heterocycles. The van der Waals surface area contributed by atoms with E-state index in [1.807, 2.05) is 60.7 Å². The first-order valence-corrected chi connectivity index (χ1v) is 12.0. The van der Waals surface area contributed by atoms with E-state index in [4.69, 9.17) is 17.0 Å². The van der Waals surface area contributed by atoms with Crippen molar-refractivity contribution in [3.05, 3.63) is 102 Å². The van der Waals surface area contributed by atoms with Crippen molar-refractivity contribution in [1.29, 1.82) is 0 Å². The van der Waals surface area contributed by atoms with Crippen LogP contribution in [0.15, 0.2) is 85.3 Å². The van der Waals surface area contributed by atoms with Crippen LogP contribution in [0.1, 0.15) is 36.1 Å². The molecule has 2 atom stereocenters. The number of carbonyl (C=O) groups is 1. The molecule has 0 radical (unpaired) electrons. The molecular formula is C27H26N6O2S. The number of carbonyl (C=O) groups excluding carboxylic acids is 1. The first-order chi connectivity index (χ1) is 17.5. The third-order valence-electron chi connectivity index (χ3n) is 6.10. The predicted molar refractivity (Wildman–Crippen MR) is 143 cm³/mol. The number of anilines is 2. The number of hydrogen-bond acceptors (Lipinski definition) is 5. The van der Waals surface area contributed by atoms with Crippen LogP contribution in [0.3, 0.4) is 0 Å². The minimum atomic E-state index is -0.204. The van der Waals surface area contributed by atoms with Gasteiger partial charge in [0.15, 0.2) is 5.11 Å². The summed E-state index contributed by atoms with van der Waals surface area (Å²) in [6.45, 7) is 2.09. The van der Waals surface area contributed by atoms with Gasteiger partial charge < -0.3 is 24.8 Å². The lowest BCUT2D eigenvalue weighted by molar-refractivity contribution is -0.114. The number of thiocarbonyl (C=S) groups is 1. The van der Waals surface area contributed by atoms with Crippen molar-refractivity contribution in [2.24, 2.45) is 0 Å². The second kappa shape index (κ2) is 10.2. The molecule has 182 valence electrons. The molecule has 0 bridgehead atoms. The Morgan fingerprint density at radius 1 is 1.08 bits per heavy atom. The van der Waals surface area contributed by atoms with E-state index in [0.717, 1.165) is 22.8 Å². The number of nitrogens with zero attached hydrogens (tertiary/aromatic N) is 4. The topological polar surface area (TPSA) is 84.3 Å². The molecule has 0 aliphatic carbocycles. The summed E-state index contributed by atoms with van der Waals surface area (Å²) in [5, 5.41) is 6.91. The number of rotatable bonds is 7. The normalized spacial score (nSPS) is 17.1. The maximum absolute atomic E-state index is 11.8. The van der Waals surface area contributed by atoms with E-state index >= 15 is 0 Å². The lowest BCUT2D eigenvalue weighted by Gasteiger charge is -2.29. The zero-order chi connectivity index (χ0) is 25.1. The first kappa shape index (κ1) is 23.5. The number of methoxy groups -OCH3 is 1. The van der Waals surface area contributed by atoms with Crippen LogP contribution in [0.25, 0.3) is 0 Å². The Hall–Kier alpha value is -4.24. The SMILES string of the molecule is COc1ccc(N2C(=S)N[C@H](c3ccccn3)[C@@H]2c2cccn2Cc2ccccn2)cc1NC(C)=O. The molecule has 4 aromatic rings. The molecule has 1 aromatic carbocycles. The van der Waals surface area contributed by atoms with Gasteiger partial charge in [-0.15, -0.1) is 0 Å². The van der Waals surface area contributed by atoms with Crippen molar-refractivity contribution in [3.63, 3.8) is 0 Å². The van der Waals surface area contributed by atoms with Crippen LogP contribution in [-0.2, 0) is 11.3 Å². The van der Waals surface area contributed by atoms with E-state index in [2.05, 4.69) is 42.3 Å². The number of amides is 1. The summed E-state index contributed by atoms with van der Waals surface area (Å²) in [5.74, 6) is 0.392. The molecule has 0 saturated carbocycles. The number of benzene rings is 1. The molecule has 36 heavy (non-hydrogen) atoms. The van der Waals surface area contributed by atoms with Crippen LogP contribution in [-0.4, -0.2) is 32.7 Å². The molecule has 8 nitrogen and oxygen atoms in total. The molecule has 1 aliphatic heterocycles. The Kier molecular flexibility index (Phi) is 6.64. The molecule has 0 spiro atoms. The van der Waals surface area contributed by atoms with Crippen molar-refractivity contribution in [2.75, 3.05) is 17.3 Å². The Morgan fingerprint density at radius 3 is 2.58 bits per heavy atom. The molecule has 5 rings (SSSR count). The zero-order valence-corrected chi connectivity index (χ0v) is 20.8. The highest BCUT2D eigenvalue weighted by Crippen LogP contribution is 2.43. The van der Waals surface area contributed by atoms with Gasteiger partial charge in [-0.1, -0.05) is 12.1 Å². The van der Waals surface area contributed by atoms with Crippen LogP contribution in [0.4, 0.5) is 11.4 Å². The van der Waals surface area contributed by atoms with E-state index < -0.39 is 0 Å². The van der Waals surface area contributed by atoms with Crippen LogP contribution < -0.4 is 20.3 Å². The zero-order valence-electron chi connectivity index (χ0n) is 20.0. The van der Waals surface area contributed by atoms with Crippen molar-refractivity contribution in [3.8, 4) is 5.75 Å². The molecule has 2 N–H and O–H groups in total. The van der Waals surface area contributed by atoms with E-state index in [0.29, 0.717) is 23.1 Å². The highest BCUT2D eigenvalue weighted by molar-refractivity contribution is 7.80. The largest absolute Gasteiger partial charge is 0.495 e. The van der Waals surface area contributed by atoms with Gasteiger partial charge in [-0.05, 0) is 66.8 Å². The summed E-state index contributed by atoms with van der Waals surface area (Å²) in [6, 6.07) is 21.2. The number of nitrogens with one attached hydrogen (secondary N) is 2. The maximum atomic E-state index is 11.8. The van der Waals surface area contributed by atoms with Crippen LogP contribution in [0, 0.1) is 0 Å². The minimum Gasteiger partial charge on any atom is -0.495 e. The lowest BCUT2D eigenvalue weighted by atomic mass is 10.0. The van der Waals surface area contributed by atoms with Gasteiger partial charge in [0, 0.05) is 36.9 Å². The average Bonchev–Trinajstić information content (AvgIpc) is 3.48. The molecule has 1 amide bonds. The van der Waals surface area contributed by atoms with Gasteiger partial charge in [-0.3, -0.25) is 14.8 Å². The second-order valence-corrected chi connectivity index (χ2v) is 8.83. The van der Waals surface area contributed by atoms with Gasteiger partial charge in [0.1, 0.15) is 11.8 Å². The Morgan fingerprint density at radius 2 is 1.89 bits per heavy atom. The molecule has 1 fully saturated rings. The van der Waals surface area contributed by atoms with E-state index in [1.165, 1.54) is 6.92 Å². The Bertz CT molecular complexity index is 1380. The highest BCUT2D eigenvalue weighted by Gasteiger charge is 2.42. The van der Waals surface area contributed by atoms with Gasteiger partial charge in [-0.2, -0.15) is 0 Å². The predicted octanol–water partition coefficient (Wildman–Crippen LogP) is 4.47. The smallest absolute Gasteiger partial charge is 0.221 e. The van der Waals surface area contributed by atoms with E-state index in [1.54, 1.807) is 19.5 Å². The maximum Gasteiger partial charge on any atom is 0.221 e. The highest BCUT2D eigenvalue weighted by atomic mass is 32.1. The molecule has 1 aliphatic rings. The summed E-state index contributed by atoms with van der Waals surface area (Å²) in [6.07, 6.45) is 5.64. The minimum absolute atomic E-state index is 0.181. The number of ether oxygens (including phenoxy) is 1. The third kappa shape index (κ3) is 4.65. The van der Waals surface area contributed by atoms with E-state index in [9.17, 15) is 4.79 Å². The fourth-order valence-corrected chi connectivity index (χ4v) is 4.92. The van der Waals surface area contributed by atoms with Gasteiger partial charge >= 0.3 is 0 Å². The Balaban J connectivity index is 1.61. The fraction of sp³-hybridized carbons (Fsp3) is 0.185. The van der Waals surface area contributed by atoms with Crippen molar-refractivity contribution < 1.29 is 9.53 Å². The summed E-state index contributed by atoms with van der Waals surface area (Å²) in [7, 11) is 1.58. The van der Waals surface area contributed by atoms with Gasteiger partial charge in [0.05, 0.1) is 36.8 Å². The third-order valence-corrected chi connectivity index (χ3v) is 6.41. The van der Waals surface area contributed by atoms with Crippen molar-refractivity contribution >= 4 is 34.6 Å². The number of aromatic nitrogens is 3. The lowest BCUT2D eigenvalue weighted by Crippen LogP contribution is -2.30. The number of pyridine rings is 2. The quantitative estimate of drug-likeness (QED) is 0.364. The number of hydrogen-bond donors (Lipinski definition) is 2. The van der Waals surface area contributed by atoms with Gasteiger partial charge in [-0.25, -0.2) is 0 Å². The standard InChI is InChI=1S/C27H26N6O2S/c1-18(34)30-22-16-20(11-12-24(22)35-2)33-26(25(31-27(33)36)21-9-4-6-14-29-21)23-10-7-15-32(23)17-19-8-3-5-13-28-19/h3-16,25-26H,17H2,1-2H3,(H,30,34)(H,31,36)/t25-,26+/m1/s1. The second-order valence-electron chi connectivity index (χ2n) is 8.44. The summed E-state index contributed by atoms with van der Waals surface area (Å²) < 4.78 is 7.65. The van der Waals surface area contributed by atoms with Gasteiger partial charge in [0.25, 0.3) is 0 Å². The van der Waals surface area contributed by atoms with Crippen LogP contribution >= 0.6 is 12.2 Å². The van der Waals surface area contributed by atoms with Crippen LogP contribution in [0.2, 0.25) is 0 Å². The average molecular weight is 499 g/mol. The van der Waals surface area contributed by atoms with Gasteiger partial charge in [0.2, 0.25) is 5.91 Å². The summed E-state index contributed by atoms with van der Waals surface area (Å²) >= 11 is 5.86. The summed E-state index contributed by atoms with van der Waals surface area (Å²) in [5.41, 5.74) is 4.30. The molecule has 3 aromatic heterocycles. The molecule has 0 unspecified atom stereocenters. The molecule has 9 heteroatoms. The van der Waals surface area contributed by atoms with E-state index in [-0.39, 0.29) is 18.0 Å². The van der Waals surface area contributed by atoms with Crippen molar-refractivity contribution in [1.82, 2.24) is 19.9 Å². The fourth-order valence-electron chi connectivity index (χ4n) is 4.57. The molecule has 4 heterocycles.